The molecule has 2 aliphatic rings. The molecular weight excluding hydrogens is 451 g/mol. The Balaban J connectivity index is 1.19. The van der Waals surface area contributed by atoms with E-state index in [1.807, 2.05) is 4.90 Å². The Labute approximate surface area is 203 Å². The van der Waals surface area contributed by atoms with Crippen molar-refractivity contribution in [2.24, 2.45) is 18.9 Å². The van der Waals surface area contributed by atoms with Gasteiger partial charge < -0.3 is 14.5 Å². The van der Waals surface area contributed by atoms with Crippen LogP contribution in [-0.4, -0.2) is 63.2 Å². The summed E-state index contributed by atoms with van der Waals surface area (Å²) in [4.78, 5) is 38.7. The minimum Gasteiger partial charge on any atom is -0.494 e. The first-order valence-electron chi connectivity index (χ1n) is 12.2. The molecule has 5 rings (SSSR count). The number of hydrogen-bond donors (Lipinski definition) is 0. The predicted molar refractivity (Wildman–Crippen MR) is 130 cm³/mol. The number of benzene rings is 1. The fourth-order valence-electron chi connectivity index (χ4n) is 5.43. The number of aromatic nitrogens is 4. The number of carbonyl (C=O) groups is 1. The molecule has 10 heteroatoms. The van der Waals surface area contributed by atoms with E-state index in [9.17, 15) is 14.0 Å². The monoisotopic (exact) mass is 482 g/mol. The zero-order valence-electron chi connectivity index (χ0n) is 20.2. The van der Waals surface area contributed by atoms with Gasteiger partial charge in [0.1, 0.15) is 0 Å². The van der Waals surface area contributed by atoms with Crippen molar-refractivity contribution >= 4 is 22.9 Å². The third kappa shape index (κ3) is 4.49. The number of piperazine rings is 1. The van der Waals surface area contributed by atoms with E-state index in [0.717, 1.165) is 38.8 Å². The van der Waals surface area contributed by atoms with Gasteiger partial charge in [0.15, 0.2) is 11.6 Å². The minimum atomic E-state index is -0.483. The van der Waals surface area contributed by atoms with Gasteiger partial charge in [-0.1, -0.05) is 0 Å². The van der Waals surface area contributed by atoms with Crippen LogP contribution in [0, 0.1) is 17.7 Å². The third-order valence-electron chi connectivity index (χ3n) is 7.48. The summed E-state index contributed by atoms with van der Waals surface area (Å²) in [6.45, 7) is 3.39. The fraction of sp³-hybridized carbons (Fsp3) is 0.520. The van der Waals surface area contributed by atoms with E-state index < -0.39 is 5.82 Å². The van der Waals surface area contributed by atoms with E-state index in [-0.39, 0.29) is 23.3 Å². The average molecular weight is 483 g/mol. The summed E-state index contributed by atoms with van der Waals surface area (Å²) in [6.07, 6.45) is 6.88. The van der Waals surface area contributed by atoms with Crippen molar-refractivity contribution in [3.63, 3.8) is 0 Å². The molecule has 1 saturated heterocycles. The number of aryl methyl sites for hydroxylation is 1. The molecule has 186 valence electrons. The molecule has 0 atom stereocenters. The van der Waals surface area contributed by atoms with Crippen molar-refractivity contribution in [3.05, 3.63) is 46.9 Å². The SMILES string of the molecule is COc1cc2c(cc1F)n(C)c(=O)n2CC1CCC(C(=O)N2CCN(c3ncccn3)CC2)CC1. The standard InChI is InChI=1S/C25H31FN6O3/c1-29-20-14-19(26)22(35-2)15-21(20)32(25(29)34)16-17-4-6-18(7-5-17)23(33)30-10-12-31(13-11-30)24-27-8-3-9-28-24/h3,8-9,14-15,17-18H,4-7,10-13,16H2,1-2H3. The van der Waals surface area contributed by atoms with E-state index in [4.69, 9.17) is 4.74 Å². The molecular formula is C25H31FN6O3. The van der Waals surface area contributed by atoms with Crippen LogP contribution in [0.1, 0.15) is 25.7 Å². The van der Waals surface area contributed by atoms with Gasteiger partial charge in [-0.15, -0.1) is 0 Å². The lowest BCUT2D eigenvalue weighted by molar-refractivity contribution is -0.137. The number of carbonyl (C=O) groups excluding carboxylic acids is 1. The number of halogens is 1. The quantitative estimate of drug-likeness (QED) is 0.555. The van der Waals surface area contributed by atoms with E-state index >= 15 is 0 Å². The van der Waals surface area contributed by atoms with Crippen LogP contribution in [0.25, 0.3) is 11.0 Å². The molecule has 2 aromatic heterocycles. The Kier molecular flexibility index (Phi) is 6.44. The van der Waals surface area contributed by atoms with Crippen LogP contribution in [0.2, 0.25) is 0 Å². The highest BCUT2D eigenvalue weighted by atomic mass is 19.1. The Morgan fingerprint density at radius 3 is 2.40 bits per heavy atom. The number of hydrogen-bond acceptors (Lipinski definition) is 6. The van der Waals surface area contributed by atoms with Crippen molar-refractivity contribution < 1.29 is 13.9 Å². The molecule has 3 heterocycles. The first kappa shape index (κ1) is 23.3. The van der Waals surface area contributed by atoms with Crippen LogP contribution < -0.4 is 15.3 Å². The number of methoxy groups -OCH3 is 1. The van der Waals surface area contributed by atoms with Crippen LogP contribution in [0.4, 0.5) is 10.3 Å². The van der Waals surface area contributed by atoms with Gasteiger partial charge in [0.25, 0.3) is 0 Å². The Morgan fingerprint density at radius 1 is 1.06 bits per heavy atom. The van der Waals surface area contributed by atoms with Gasteiger partial charge in [0, 0.05) is 70.2 Å². The smallest absolute Gasteiger partial charge is 0.328 e. The number of amides is 1. The van der Waals surface area contributed by atoms with E-state index in [2.05, 4.69) is 14.9 Å². The van der Waals surface area contributed by atoms with Gasteiger partial charge in [-0.25, -0.2) is 19.2 Å². The van der Waals surface area contributed by atoms with E-state index in [1.165, 1.54) is 17.7 Å². The summed E-state index contributed by atoms with van der Waals surface area (Å²) in [5.41, 5.74) is 1.07. The lowest BCUT2D eigenvalue weighted by atomic mass is 9.81. The molecule has 1 saturated carbocycles. The number of imidazole rings is 1. The van der Waals surface area contributed by atoms with Gasteiger partial charge in [0.2, 0.25) is 11.9 Å². The second kappa shape index (κ2) is 9.67. The molecule has 0 spiro atoms. The first-order chi connectivity index (χ1) is 17.0. The van der Waals surface area contributed by atoms with Crippen molar-refractivity contribution in [1.29, 1.82) is 0 Å². The average Bonchev–Trinajstić information content (AvgIpc) is 3.12. The second-order valence-electron chi connectivity index (χ2n) is 9.51. The number of rotatable bonds is 5. The Bertz CT molecular complexity index is 1260. The zero-order chi connectivity index (χ0) is 24.5. The van der Waals surface area contributed by atoms with Gasteiger partial charge in [0.05, 0.1) is 18.1 Å². The van der Waals surface area contributed by atoms with Crippen LogP contribution in [0.15, 0.2) is 35.4 Å². The van der Waals surface area contributed by atoms with Gasteiger partial charge in [-0.05, 0) is 37.7 Å². The number of ether oxygens (including phenoxy) is 1. The summed E-state index contributed by atoms with van der Waals surface area (Å²) in [7, 11) is 3.08. The summed E-state index contributed by atoms with van der Waals surface area (Å²) >= 11 is 0. The van der Waals surface area contributed by atoms with Crippen LogP contribution >= 0.6 is 0 Å². The molecule has 9 nitrogen and oxygen atoms in total. The van der Waals surface area contributed by atoms with E-state index in [0.29, 0.717) is 42.5 Å². The van der Waals surface area contributed by atoms with Crippen molar-refractivity contribution in [1.82, 2.24) is 24.0 Å². The molecule has 2 fully saturated rings. The highest BCUT2D eigenvalue weighted by Gasteiger charge is 2.32. The highest BCUT2D eigenvalue weighted by Crippen LogP contribution is 2.32. The first-order valence-corrected chi connectivity index (χ1v) is 12.2. The largest absolute Gasteiger partial charge is 0.494 e. The summed E-state index contributed by atoms with van der Waals surface area (Å²) in [5, 5.41) is 0. The summed E-state index contributed by atoms with van der Waals surface area (Å²) < 4.78 is 22.5. The molecule has 1 aromatic carbocycles. The fourth-order valence-corrected chi connectivity index (χ4v) is 5.43. The maximum Gasteiger partial charge on any atom is 0.328 e. The second-order valence-corrected chi connectivity index (χ2v) is 9.51. The normalized spacial score (nSPS) is 20.9. The van der Waals surface area contributed by atoms with E-state index in [1.54, 1.807) is 36.1 Å². The van der Waals surface area contributed by atoms with Crippen LogP contribution in [-0.2, 0) is 18.4 Å². The lowest BCUT2D eigenvalue weighted by Crippen LogP contribution is -2.51. The molecule has 1 amide bonds. The predicted octanol–water partition coefficient (Wildman–Crippen LogP) is 2.43. The molecule has 0 bridgehead atoms. The lowest BCUT2D eigenvalue weighted by Gasteiger charge is -2.37. The Hall–Kier alpha value is -3.43. The number of fused-ring (bicyclic) bond motifs is 1. The number of nitrogens with zero attached hydrogens (tertiary/aromatic N) is 6. The summed E-state index contributed by atoms with van der Waals surface area (Å²) in [6, 6.07) is 4.75. The van der Waals surface area contributed by atoms with Crippen molar-refractivity contribution in [3.8, 4) is 5.75 Å². The molecule has 1 aliphatic carbocycles. The van der Waals surface area contributed by atoms with Gasteiger partial charge in [-0.2, -0.15) is 0 Å². The third-order valence-corrected chi connectivity index (χ3v) is 7.48. The molecule has 0 unspecified atom stereocenters. The zero-order valence-corrected chi connectivity index (χ0v) is 20.2. The van der Waals surface area contributed by atoms with Gasteiger partial charge in [-0.3, -0.25) is 13.9 Å². The van der Waals surface area contributed by atoms with Crippen molar-refractivity contribution in [2.75, 3.05) is 38.2 Å². The van der Waals surface area contributed by atoms with Gasteiger partial charge >= 0.3 is 5.69 Å². The highest BCUT2D eigenvalue weighted by molar-refractivity contribution is 5.79. The maximum atomic E-state index is 14.2. The molecule has 3 aromatic rings. The topological polar surface area (TPSA) is 85.5 Å². The molecule has 1 aliphatic heterocycles. The number of anilines is 1. The molecule has 35 heavy (non-hydrogen) atoms. The molecule has 0 N–H and O–H groups in total. The molecule has 0 radical (unpaired) electrons. The Morgan fingerprint density at radius 2 is 1.74 bits per heavy atom. The maximum absolute atomic E-state index is 14.2. The minimum absolute atomic E-state index is 0.0317. The summed E-state index contributed by atoms with van der Waals surface area (Å²) in [5.74, 6) is 0.924. The van der Waals surface area contributed by atoms with Crippen LogP contribution in [0.3, 0.4) is 0 Å². The van der Waals surface area contributed by atoms with Crippen molar-refractivity contribution in [2.45, 2.75) is 32.2 Å². The van der Waals surface area contributed by atoms with Crippen LogP contribution in [0.5, 0.6) is 5.75 Å².